The van der Waals surface area contributed by atoms with E-state index in [1.807, 2.05) is 0 Å². The maximum absolute atomic E-state index is 13.0. The van der Waals surface area contributed by atoms with Crippen LogP contribution in [0.5, 0.6) is 0 Å². The predicted octanol–water partition coefficient (Wildman–Crippen LogP) is 1.30. The average Bonchev–Trinajstić information content (AvgIpc) is 2.52. The molecule has 0 unspecified atom stereocenters. The Balaban J connectivity index is 1.68. The Labute approximate surface area is 135 Å². The molecule has 5 nitrogen and oxygen atoms in total. The molecule has 23 heavy (non-hydrogen) atoms. The van der Waals surface area contributed by atoms with Gasteiger partial charge in [-0.25, -0.2) is 4.39 Å². The molecule has 0 heterocycles. The lowest BCUT2D eigenvalue weighted by Crippen LogP contribution is -2.47. The smallest absolute Gasteiger partial charge is 0.239 e. The molecule has 0 saturated heterocycles. The second kappa shape index (κ2) is 8.06. The Bertz CT molecular complexity index is 557. The molecule has 1 saturated carbocycles. The van der Waals surface area contributed by atoms with Crippen LogP contribution in [0.2, 0.25) is 0 Å². The van der Waals surface area contributed by atoms with E-state index in [1.54, 1.807) is 6.07 Å². The monoisotopic (exact) mass is 322 g/mol. The summed E-state index contributed by atoms with van der Waals surface area (Å²) in [6.45, 7) is 0.0653. The van der Waals surface area contributed by atoms with Crippen molar-refractivity contribution in [1.29, 1.82) is 0 Å². The molecule has 0 aliphatic heterocycles. The minimum absolute atomic E-state index is 0.0228. The molecule has 0 bridgehead atoms. The molecule has 3 N–H and O–H groups in total. The van der Waals surface area contributed by atoms with Crippen LogP contribution in [0.25, 0.3) is 0 Å². The number of amides is 2. The summed E-state index contributed by atoms with van der Waals surface area (Å²) in [6, 6.07) is 5.79. The molecule has 2 rings (SSSR count). The fourth-order valence-corrected chi connectivity index (χ4v) is 2.79. The number of benzene rings is 1. The molecular formula is C17H23FN2O3. The molecule has 1 aromatic rings. The first-order valence-corrected chi connectivity index (χ1v) is 7.97. The highest BCUT2D eigenvalue weighted by atomic mass is 19.1. The van der Waals surface area contributed by atoms with Crippen molar-refractivity contribution in [1.82, 2.24) is 10.6 Å². The average molecular weight is 322 g/mol. The van der Waals surface area contributed by atoms with Gasteiger partial charge in [0.25, 0.3) is 0 Å². The van der Waals surface area contributed by atoms with E-state index in [9.17, 15) is 19.1 Å². The molecule has 1 aliphatic carbocycles. The quantitative estimate of drug-likeness (QED) is 0.738. The van der Waals surface area contributed by atoms with Crippen molar-refractivity contribution >= 4 is 11.8 Å². The van der Waals surface area contributed by atoms with E-state index in [0.29, 0.717) is 18.4 Å². The fourth-order valence-electron chi connectivity index (χ4n) is 2.79. The lowest BCUT2D eigenvalue weighted by Gasteiger charge is -2.32. The zero-order valence-corrected chi connectivity index (χ0v) is 13.1. The summed E-state index contributed by atoms with van der Waals surface area (Å²) in [6.07, 6.45) is 4.47. The molecule has 126 valence electrons. The van der Waals surface area contributed by atoms with Crippen LogP contribution in [-0.2, 0) is 16.0 Å². The van der Waals surface area contributed by atoms with E-state index in [-0.39, 0.29) is 31.3 Å². The van der Waals surface area contributed by atoms with Gasteiger partial charge in [-0.2, -0.15) is 0 Å². The normalized spacial score (nSPS) is 16.6. The molecular weight excluding hydrogens is 299 g/mol. The maximum atomic E-state index is 13.0. The minimum Gasteiger partial charge on any atom is -0.388 e. The number of aliphatic hydroxyl groups is 1. The molecule has 0 aromatic heterocycles. The SMILES string of the molecule is O=C(CNC(=O)Cc1cccc(F)c1)NCC1(O)CCCCC1. The largest absolute Gasteiger partial charge is 0.388 e. The Hall–Kier alpha value is -1.95. The summed E-state index contributed by atoms with van der Waals surface area (Å²) in [7, 11) is 0. The van der Waals surface area contributed by atoms with E-state index >= 15 is 0 Å². The number of hydrogen-bond acceptors (Lipinski definition) is 3. The summed E-state index contributed by atoms with van der Waals surface area (Å²) in [4.78, 5) is 23.5. The first-order chi connectivity index (χ1) is 11.0. The number of carbonyl (C=O) groups excluding carboxylic acids is 2. The van der Waals surface area contributed by atoms with Crippen molar-refractivity contribution in [2.24, 2.45) is 0 Å². The second-order valence-electron chi connectivity index (χ2n) is 6.15. The fraction of sp³-hybridized carbons (Fsp3) is 0.529. The molecule has 0 atom stereocenters. The third-order valence-electron chi connectivity index (χ3n) is 4.10. The van der Waals surface area contributed by atoms with Crippen LogP contribution in [0.1, 0.15) is 37.7 Å². The van der Waals surface area contributed by atoms with Gasteiger partial charge >= 0.3 is 0 Å². The van der Waals surface area contributed by atoms with Crippen LogP contribution < -0.4 is 10.6 Å². The van der Waals surface area contributed by atoms with Gasteiger partial charge in [-0.05, 0) is 30.5 Å². The molecule has 2 amide bonds. The molecule has 1 aliphatic rings. The highest BCUT2D eigenvalue weighted by molar-refractivity contribution is 5.85. The van der Waals surface area contributed by atoms with E-state index in [2.05, 4.69) is 10.6 Å². The standard InChI is InChI=1S/C17H23FN2O3/c18-14-6-4-5-13(9-14)10-15(21)19-11-16(22)20-12-17(23)7-2-1-3-8-17/h4-6,9,23H,1-3,7-8,10-12H2,(H,19,21)(H,20,22). The van der Waals surface area contributed by atoms with Gasteiger partial charge in [0.1, 0.15) is 5.82 Å². The Morgan fingerprint density at radius 3 is 2.57 bits per heavy atom. The zero-order chi connectivity index (χ0) is 16.7. The summed E-state index contributed by atoms with van der Waals surface area (Å²) < 4.78 is 13.0. The van der Waals surface area contributed by atoms with Gasteiger partial charge < -0.3 is 15.7 Å². The number of hydrogen-bond donors (Lipinski definition) is 3. The van der Waals surface area contributed by atoms with Crippen LogP contribution in [0.3, 0.4) is 0 Å². The third kappa shape index (κ3) is 5.98. The van der Waals surface area contributed by atoms with Crippen LogP contribution in [0.4, 0.5) is 4.39 Å². The van der Waals surface area contributed by atoms with Gasteiger partial charge in [0.15, 0.2) is 0 Å². The lowest BCUT2D eigenvalue weighted by atomic mass is 9.85. The Kier molecular flexibility index (Phi) is 6.10. The first kappa shape index (κ1) is 17.4. The highest BCUT2D eigenvalue weighted by Gasteiger charge is 2.29. The van der Waals surface area contributed by atoms with E-state index < -0.39 is 11.4 Å². The van der Waals surface area contributed by atoms with Crippen molar-refractivity contribution < 1.29 is 19.1 Å². The molecule has 6 heteroatoms. The molecule has 1 aromatic carbocycles. The Morgan fingerprint density at radius 1 is 1.13 bits per heavy atom. The minimum atomic E-state index is -0.820. The summed E-state index contributed by atoms with van der Waals surface area (Å²) >= 11 is 0. The molecule has 1 fully saturated rings. The number of halogens is 1. The number of nitrogens with one attached hydrogen (secondary N) is 2. The second-order valence-corrected chi connectivity index (χ2v) is 6.15. The van der Waals surface area contributed by atoms with Crippen molar-refractivity contribution in [2.75, 3.05) is 13.1 Å². The number of carbonyl (C=O) groups is 2. The van der Waals surface area contributed by atoms with Crippen molar-refractivity contribution in [3.05, 3.63) is 35.6 Å². The van der Waals surface area contributed by atoms with Gasteiger partial charge in [0.2, 0.25) is 11.8 Å². The van der Waals surface area contributed by atoms with Crippen LogP contribution >= 0.6 is 0 Å². The predicted molar refractivity (Wildman–Crippen MR) is 84.2 cm³/mol. The number of rotatable bonds is 6. The lowest BCUT2D eigenvalue weighted by molar-refractivity contribution is -0.126. The maximum Gasteiger partial charge on any atom is 0.239 e. The molecule has 0 radical (unpaired) electrons. The van der Waals surface area contributed by atoms with Crippen LogP contribution in [0.15, 0.2) is 24.3 Å². The van der Waals surface area contributed by atoms with Crippen LogP contribution in [0, 0.1) is 5.82 Å². The van der Waals surface area contributed by atoms with E-state index in [0.717, 1.165) is 19.3 Å². The van der Waals surface area contributed by atoms with Gasteiger partial charge in [-0.1, -0.05) is 31.4 Å². The topological polar surface area (TPSA) is 78.4 Å². The Morgan fingerprint density at radius 2 is 1.87 bits per heavy atom. The summed E-state index contributed by atoms with van der Waals surface area (Å²) in [5.74, 6) is -1.08. The van der Waals surface area contributed by atoms with Crippen molar-refractivity contribution in [3.8, 4) is 0 Å². The molecule has 0 spiro atoms. The highest BCUT2D eigenvalue weighted by Crippen LogP contribution is 2.27. The van der Waals surface area contributed by atoms with Gasteiger partial charge in [0.05, 0.1) is 18.6 Å². The van der Waals surface area contributed by atoms with E-state index in [1.165, 1.54) is 18.2 Å². The van der Waals surface area contributed by atoms with Crippen LogP contribution in [-0.4, -0.2) is 35.6 Å². The van der Waals surface area contributed by atoms with Gasteiger partial charge in [0, 0.05) is 6.54 Å². The van der Waals surface area contributed by atoms with Crippen molar-refractivity contribution in [3.63, 3.8) is 0 Å². The van der Waals surface area contributed by atoms with Gasteiger partial charge in [-0.15, -0.1) is 0 Å². The zero-order valence-electron chi connectivity index (χ0n) is 13.1. The third-order valence-corrected chi connectivity index (χ3v) is 4.10. The summed E-state index contributed by atoms with van der Waals surface area (Å²) in [5, 5.41) is 15.4. The van der Waals surface area contributed by atoms with E-state index in [4.69, 9.17) is 0 Å². The van der Waals surface area contributed by atoms with Gasteiger partial charge in [-0.3, -0.25) is 9.59 Å². The van der Waals surface area contributed by atoms with Crippen molar-refractivity contribution in [2.45, 2.75) is 44.1 Å². The first-order valence-electron chi connectivity index (χ1n) is 7.97. The summed E-state index contributed by atoms with van der Waals surface area (Å²) in [5.41, 5.74) is -0.265.